The van der Waals surface area contributed by atoms with Gasteiger partial charge in [-0.05, 0) is 81.8 Å². The molecule has 252 valence electrons. The normalized spacial score (nSPS) is 26.3. The number of ketones is 2. The summed E-state index contributed by atoms with van der Waals surface area (Å²) >= 11 is 0. The maximum Gasteiger partial charge on any atom is 0.281 e. The lowest BCUT2D eigenvalue weighted by molar-refractivity contribution is -0.637. The number of nitrogens with one attached hydrogen (secondary N) is 1. The second kappa shape index (κ2) is 12.2. The van der Waals surface area contributed by atoms with E-state index in [2.05, 4.69) is 74.5 Å². The number of nitrogens with zero attached hydrogens (tertiary/aromatic N) is 2. The molecule has 4 atom stereocenters. The number of fused-ring (bicyclic) bond motifs is 4. The van der Waals surface area contributed by atoms with E-state index in [1.54, 1.807) is 0 Å². The summed E-state index contributed by atoms with van der Waals surface area (Å²) in [4.78, 5) is 45.0. The van der Waals surface area contributed by atoms with E-state index < -0.39 is 12.2 Å². The molecular formula is C42H52N3O3+. The highest BCUT2D eigenvalue weighted by Crippen LogP contribution is 2.48. The Morgan fingerprint density at radius 1 is 0.979 bits per heavy atom. The molecule has 0 bridgehead atoms. The Labute approximate surface area is 284 Å². The van der Waals surface area contributed by atoms with Gasteiger partial charge in [-0.25, -0.2) is 4.90 Å². The Hall–Kier alpha value is -3.38. The van der Waals surface area contributed by atoms with Crippen molar-refractivity contribution in [2.24, 2.45) is 11.8 Å². The summed E-state index contributed by atoms with van der Waals surface area (Å²) in [6.07, 6.45) is 20.8. The first kappa shape index (κ1) is 31.9. The van der Waals surface area contributed by atoms with Gasteiger partial charge in [0.15, 0.2) is 5.78 Å². The quantitative estimate of drug-likeness (QED) is 0.268. The molecular weight excluding hydrogens is 594 g/mol. The summed E-state index contributed by atoms with van der Waals surface area (Å²) in [6, 6.07) is 3.89. The van der Waals surface area contributed by atoms with Crippen molar-refractivity contribution in [2.45, 2.75) is 128 Å². The minimum Gasteiger partial charge on any atom is -0.382 e. The number of piperidine rings is 1. The molecule has 4 unspecified atom stereocenters. The average molecular weight is 647 g/mol. The van der Waals surface area contributed by atoms with E-state index in [1.165, 1.54) is 57.2 Å². The van der Waals surface area contributed by atoms with Crippen LogP contribution in [0.2, 0.25) is 0 Å². The Morgan fingerprint density at radius 2 is 1.73 bits per heavy atom. The van der Waals surface area contributed by atoms with Crippen LogP contribution in [0.4, 0.5) is 0 Å². The number of nitroso groups, excluding NO2 is 1. The zero-order valence-electron chi connectivity index (χ0n) is 29.4. The lowest BCUT2D eigenvalue weighted by atomic mass is 9.64. The molecule has 0 radical (unpaired) electrons. The highest BCUT2D eigenvalue weighted by atomic mass is 16.3. The van der Waals surface area contributed by atoms with Gasteiger partial charge in [0.2, 0.25) is 5.78 Å². The van der Waals surface area contributed by atoms with E-state index in [0.717, 1.165) is 72.1 Å². The Morgan fingerprint density at radius 3 is 2.46 bits per heavy atom. The molecule has 3 aliphatic heterocycles. The molecule has 6 nitrogen and oxygen atoms in total. The number of rotatable bonds is 11. The van der Waals surface area contributed by atoms with E-state index in [0.29, 0.717) is 19.5 Å². The van der Waals surface area contributed by atoms with Crippen LogP contribution >= 0.6 is 0 Å². The van der Waals surface area contributed by atoms with Gasteiger partial charge in [0.25, 0.3) is 12.2 Å². The number of hydrogen-bond acceptors (Lipinski definition) is 5. The fraction of sp³-hybridized carbons (Fsp3) is 0.571. The Balaban J connectivity index is 1.24. The van der Waals surface area contributed by atoms with Gasteiger partial charge in [-0.3, -0.25) is 9.59 Å². The molecule has 48 heavy (non-hydrogen) atoms. The molecule has 2 saturated heterocycles. The molecule has 2 aromatic rings. The van der Waals surface area contributed by atoms with Crippen LogP contribution in [0, 0.1) is 16.7 Å². The van der Waals surface area contributed by atoms with Gasteiger partial charge in [-0.2, -0.15) is 0 Å². The molecule has 0 saturated carbocycles. The zero-order valence-corrected chi connectivity index (χ0v) is 29.4. The first-order chi connectivity index (χ1) is 23.2. The van der Waals surface area contributed by atoms with Crippen LogP contribution < -0.4 is 26.2 Å². The van der Waals surface area contributed by atoms with Crippen LogP contribution in [0.25, 0.3) is 34.7 Å². The lowest BCUT2D eigenvalue weighted by Gasteiger charge is -2.47. The summed E-state index contributed by atoms with van der Waals surface area (Å²) in [5.74, 6) is 0.488. The van der Waals surface area contributed by atoms with E-state index in [-0.39, 0.29) is 34.9 Å². The molecule has 6 heteroatoms. The number of carbonyl (C=O) groups is 2. The number of hydrogen-bond donors (Lipinski definition) is 1. The molecule has 0 aromatic heterocycles. The molecule has 0 spiro atoms. The second-order valence-electron chi connectivity index (χ2n) is 16.1. The van der Waals surface area contributed by atoms with E-state index >= 15 is 0 Å². The summed E-state index contributed by atoms with van der Waals surface area (Å²) in [5, 5.41) is 10.8. The first-order valence-electron chi connectivity index (χ1n) is 19.0. The molecule has 3 heterocycles. The predicted molar refractivity (Wildman–Crippen MR) is 193 cm³/mol. The van der Waals surface area contributed by atoms with Gasteiger partial charge in [0, 0.05) is 51.8 Å². The third-order valence-electron chi connectivity index (χ3n) is 12.7. The standard InChI is InChI=1S/C42H52N3O3/c1-5-7-9-11-13-25(14-12-10-8-6-2)40-34(47)24-44-23-27-21-33(46)38-30-19-20-32-36-26(22-43-42(32,3)4)15-16-28(37(30)36)29-17-18-31(35(27)39(29)38)41(44)45(40)48/h15-19,22,25,27,35,40-41,43H,5-14,20-21,23-24H2,1-4H3/q+1. The molecule has 2 fully saturated rings. The molecule has 0 amide bonds. The van der Waals surface area contributed by atoms with Gasteiger partial charge in [-0.1, -0.05) is 95.6 Å². The van der Waals surface area contributed by atoms with Gasteiger partial charge < -0.3 is 5.32 Å². The van der Waals surface area contributed by atoms with Crippen LogP contribution in [0.1, 0.15) is 127 Å². The number of Topliss-reactive ketones (excluding diaryl/α,β-unsaturated/α-hetero) is 2. The summed E-state index contributed by atoms with van der Waals surface area (Å²) in [7, 11) is 0. The van der Waals surface area contributed by atoms with Crippen molar-refractivity contribution < 1.29 is 14.3 Å². The first-order valence-corrected chi connectivity index (χ1v) is 19.0. The lowest BCUT2D eigenvalue weighted by Crippen LogP contribution is -2.65. The van der Waals surface area contributed by atoms with Gasteiger partial charge >= 0.3 is 0 Å². The fourth-order valence-corrected chi connectivity index (χ4v) is 10.4. The van der Waals surface area contributed by atoms with Crippen molar-refractivity contribution in [1.29, 1.82) is 0 Å². The van der Waals surface area contributed by atoms with Crippen molar-refractivity contribution in [3.8, 4) is 0 Å². The zero-order chi connectivity index (χ0) is 33.3. The molecule has 2 aromatic carbocycles. The van der Waals surface area contributed by atoms with Crippen molar-refractivity contribution in [2.75, 3.05) is 13.1 Å². The monoisotopic (exact) mass is 646 g/mol. The van der Waals surface area contributed by atoms with Crippen molar-refractivity contribution in [3.63, 3.8) is 0 Å². The van der Waals surface area contributed by atoms with E-state index in [4.69, 9.17) is 0 Å². The number of benzene rings is 2. The highest BCUT2D eigenvalue weighted by molar-refractivity contribution is 6.06. The van der Waals surface area contributed by atoms with Gasteiger partial charge in [0.1, 0.15) is 0 Å². The summed E-state index contributed by atoms with van der Waals surface area (Å²) in [6.45, 7) is 9.86. The van der Waals surface area contributed by atoms with Crippen LogP contribution in [0.15, 0.2) is 23.8 Å². The largest absolute Gasteiger partial charge is 0.382 e. The summed E-state index contributed by atoms with van der Waals surface area (Å²) < 4.78 is 1.23. The molecule has 1 N–H and O–H groups in total. The van der Waals surface area contributed by atoms with Crippen LogP contribution in [0.5, 0.6) is 0 Å². The Bertz CT molecular complexity index is 2010. The molecule has 6 aliphatic rings. The fourth-order valence-electron chi connectivity index (χ4n) is 10.4. The third kappa shape index (κ3) is 4.83. The van der Waals surface area contributed by atoms with E-state index in [1.807, 2.05) is 0 Å². The molecule has 3 aliphatic carbocycles. The van der Waals surface area contributed by atoms with Crippen molar-refractivity contribution in [3.05, 3.63) is 60.7 Å². The van der Waals surface area contributed by atoms with E-state index in [9.17, 15) is 14.5 Å². The highest BCUT2D eigenvalue weighted by Gasteiger charge is 2.59. The predicted octanol–water partition coefficient (Wildman–Crippen LogP) is 5.23. The van der Waals surface area contributed by atoms with Gasteiger partial charge in [-0.15, -0.1) is 0 Å². The van der Waals surface area contributed by atoms with Crippen LogP contribution in [-0.2, 0) is 4.79 Å². The Kier molecular flexibility index (Phi) is 8.09. The van der Waals surface area contributed by atoms with Crippen molar-refractivity contribution >= 4 is 46.3 Å². The minimum atomic E-state index is -0.585. The van der Waals surface area contributed by atoms with Crippen LogP contribution in [-0.4, -0.2) is 52.1 Å². The third-order valence-corrected chi connectivity index (χ3v) is 12.7. The molecule has 8 rings (SSSR count). The maximum absolute atomic E-state index is 14.7. The number of allylic oxidation sites excluding steroid dienone is 1. The maximum atomic E-state index is 14.7. The summed E-state index contributed by atoms with van der Waals surface area (Å²) in [5.41, 5.74) is 4.36. The smallest absolute Gasteiger partial charge is 0.281 e. The minimum absolute atomic E-state index is 0.0249. The van der Waals surface area contributed by atoms with Crippen LogP contribution in [0.3, 0.4) is 0 Å². The SMILES string of the molecule is CCCCCCC(CCCCCC)C1C(=O)CN2CC3CC(=O)c4c5c(c6ccc7c8c6c4=CCC=8C(C)(C)NC=7)=CC=C(C53)C2[N+]1=O. The number of carbonyl (C=O) groups excluding carboxylic acids is 2. The second-order valence-corrected chi connectivity index (χ2v) is 16.1. The average Bonchev–Trinajstić information content (AvgIpc) is 3.06. The van der Waals surface area contributed by atoms with Crippen molar-refractivity contribution in [1.82, 2.24) is 10.2 Å². The number of unbranched alkanes of at least 4 members (excludes halogenated alkanes) is 6. The topological polar surface area (TPSA) is 69.5 Å². The van der Waals surface area contributed by atoms with Gasteiger partial charge in [0.05, 0.1) is 12.1 Å².